The summed E-state index contributed by atoms with van der Waals surface area (Å²) in [5.41, 5.74) is 3.78. The quantitative estimate of drug-likeness (QED) is 0.852. The Morgan fingerprint density at radius 3 is 2.89 bits per heavy atom. The van der Waals surface area contributed by atoms with Gasteiger partial charge in [-0.25, -0.2) is 4.79 Å². The van der Waals surface area contributed by atoms with Crippen LogP contribution in [0.5, 0.6) is 5.75 Å². The van der Waals surface area contributed by atoms with Crippen molar-refractivity contribution in [2.75, 3.05) is 7.05 Å². The van der Waals surface area contributed by atoms with Gasteiger partial charge in [0.2, 0.25) is 0 Å². The van der Waals surface area contributed by atoms with Crippen LogP contribution in [-0.2, 0) is 13.0 Å². The van der Waals surface area contributed by atoms with E-state index in [0.717, 1.165) is 41.6 Å². The molecule has 1 aromatic heterocycles. The van der Waals surface area contributed by atoms with E-state index in [0.29, 0.717) is 6.54 Å². The van der Waals surface area contributed by atoms with Crippen molar-refractivity contribution in [2.24, 2.45) is 0 Å². The minimum Gasteiger partial charge on any atom is -0.435 e. The molecule has 0 aliphatic heterocycles. The topological polar surface area (TPSA) is 54.5 Å². The maximum atomic E-state index is 12.6. The van der Waals surface area contributed by atoms with Crippen LogP contribution in [0.25, 0.3) is 0 Å². The number of halogens is 2. The van der Waals surface area contributed by atoms with Gasteiger partial charge in [-0.1, -0.05) is 12.1 Å². The molecule has 0 fully saturated rings. The van der Waals surface area contributed by atoms with Crippen molar-refractivity contribution in [2.45, 2.75) is 45.4 Å². The Labute approximate surface area is 157 Å². The number of ether oxygens (including phenoxy) is 1. The van der Waals surface area contributed by atoms with Crippen LogP contribution in [0.4, 0.5) is 13.6 Å². The zero-order chi connectivity index (χ0) is 19.4. The zero-order valence-electron chi connectivity index (χ0n) is 15.4. The van der Waals surface area contributed by atoms with E-state index in [1.807, 2.05) is 19.1 Å². The number of nitrogens with zero attached hydrogens (tertiary/aromatic N) is 2. The lowest BCUT2D eigenvalue weighted by Gasteiger charge is -2.29. The maximum absolute atomic E-state index is 12.6. The van der Waals surface area contributed by atoms with E-state index in [-0.39, 0.29) is 17.8 Å². The number of benzene rings is 1. The molecule has 0 radical (unpaired) electrons. The van der Waals surface area contributed by atoms with Crippen molar-refractivity contribution in [3.05, 3.63) is 58.9 Å². The molecule has 1 heterocycles. The number of aromatic nitrogens is 1. The van der Waals surface area contributed by atoms with Crippen LogP contribution < -0.4 is 10.1 Å². The largest absolute Gasteiger partial charge is 0.435 e. The Hall–Kier alpha value is -2.70. The first-order chi connectivity index (χ1) is 12.9. The fraction of sp³-hybridized carbons (Fsp3) is 0.400. The fourth-order valence-corrected chi connectivity index (χ4v) is 3.28. The van der Waals surface area contributed by atoms with Gasteiger partial charge in [0.05, 0.1) is 18.3 Å². The highest BCUT2D eigenvalue weighted by Crippen LogP contribution is 2.32. The number of carbonyl (C=O) groups excluding carboxylic acids is 1. The number of urea groups is 1. The number of fused-ring (bicyclic) bond motifs is 1. The number of amides is 2. The Kier molecular flexibility index (Phi) is 5.88. The average molecular weight is 375 g/mol. The summed E-state index contributed by atoms with van der Waals surface area (Å²) >= 11 is 0. The standard InChI is InChI=1S/C20H23F2N3O2/c1-13-6-7-15(23-11-13)12-25(2)20(26)24-18-5-3-4-14-10-16(27-19(21)22)8-9-17(14)18/h6-11,18-19H,3-5,12H2,1-2H3,(H,24,26)/t18-/m0/s1. The van der Waals surface area contributed by atoms with Crippen molar-refractivity contribution < 1.29 is 18.3 Å². The molecule has 3 rings (SSSR count). The Bertz CT molecular complexity index is 796. The lowest BCUT2D eigenvalue weighted by molar-refractivity contribution is -0.0499. The highest BCUT2D eigenvalue weighted by molar-refractivity contribution is 5.74. The van der Waals surface area contributed by atoms with E-state index in [2.05, 4.69) is 15.0 Å². The summed E-state index contributed by atoms with van der Waals surface area (Å²) in [5.74, 6) is 0.151. The molecule has 2 aromatic rings. The average Bonchev–Trinajstić information content (AvgIpc) is 2.63. The first-order valence-corrected chi connectivity index (χ1v) is 8.93. The number of nitrogens with one attached hydrogen (secondary N) is 1. The second kappa shape index (κ2) is 8.33. The van der Waals surface area contributed by atoms with Crippen LogP contribution in [0.2, 0.25) is 0 Å². The molecule has 5 nitrogen and oxygen atoms in total. The third-order valence-corrected chi connectivity index (χ3v) is 4.67. The molecular formula is C20H23F2N3O2. The van der Waals surface area contributed by atoms with Gasteiger partial charge in [0, 0.05) is 13.2 Å². The van der Waals surface area contributed by atoms with Crippen molar-refractivity contribution in [3.63, 3.8) is 0 Å². The van der Waals surface area contributed by atoms with Gasteiger partial charge in [0.15, 0.2) is 0 Å². The second-order valence-electron chi connectivity index (χ2n) is 6.82. The molecule has 2 amide bonds. The predicted octanol–water partition coefficient (Wildman–Crippen LogP) is 4.21. The number of pyridine rings is 1. The Morgan fingerprint density at radius 2 is 2.19 bits per heavy atom. The van der Waals surface area contributed by atoms with Crippen LogP contribution in [-0.4, -0.2) is 29.6 Å². The first-order valence-electron chi connectivity index (χ1n) is 8.93. The summed E-state index contributed by atoms with van der Waals surface area (Å²) in [4.78, 5) is 18.5. The van der Waals surface area contributed by atoms with Gasteiger partial charge < -0.3 is 15.0 Å². The summed E-state index contributed by atoms with van der Waals surface area (Å²) in [5, 5.41) is 3.04. The van der Waals surface area contributed by atoms with E-state index in [4.69, 9.17) is 0 Å². The van der Waals surface area contributed by atoms with Gasteiger partial charge >= 0.3 is 12.6 Å². The normalized spacial score (nSPS) is 16.0. The van der Waals surface area contributed by atoms with Crippen LogP contribution in [0.1, 0.15) is 41.3 Å². The molecule has 0 saturated heterocycles. The Morgan fingerprint density at radius 1 is 1.37 bits per heavy atom. The molecule has 0 spiro atoms. The van der Waals surface area contributed by atoms with Crippen molar-refractivity contribution >= 4 is 6.03 Å². The van der Waals surface area contributed by atoms with Gasteiger partial charge in [-0.15, -0.1) is 0 Å². The number of hydrogen-bond acceptors (Lipinski definition) is 3. The molecular weight excluding hydrogens is 352 g/mol. The van der Waals surface area contributed by atoms with Gasteiger partial charge in [0.25, 0.3) is 0 Å². The van der Waals surface area contributed by atoms with Crippen LogP contribution in [0.15, 0.2) is 36.5 Å². The van der Waals surface area contributed by atoms with E-state index in [9.17, 15) is 13.6 Å². The van der Waals surface area contributed by atoms with E-state index >= 15 is 0 Å². The van der Waals surface area contributed by atoms with Crippen LogP contribution in [0.3, 0.4) is 0 Å². The molecule has 1 aromatic carbocycles. The predicted molar refractivity (Wildman–Crippen MR) is 97.7 cm³/mol. The lowest BCUT2D eigenvalue weighted by Crippen LogP contribution is -2.40. The van der Waals surface area contributed by atoms with E-state index in [1.54, 1.807) is 30.3 Å². The summed E-state index contributed by atoms with van der Waals surface area (Å²) in [6.07, 6.45) is 4.24. The highest BCUT2D eigenvalue weighted by atomic mass is 19.3. The molecule has 7 heteroatoms. The smallest absolute Gasteiger partial charge is 0.387 e. The number of hydrogen-bond donors (Lipinski definition) is 1. The SMILES string of the molecule is Cc1ccc(CN(C)C(=O)N[C@H]2CCCc3cc(OC(F)F)ccc32)nc1. The first kappa shape index (κ1) is 19.1. The van der Waals surface area contributed by atoms with Gasteiger partial charge in [-0.2, -0.15) is 8.78 Å². The Balaban J connectivity index is 1.65. The summed E-state index contributed by atoms with van der Waals surface area (Å²) < 4.78 is 29.3. The summed E-state index contributed by atoms with van der Waals surface area (Å²) in [7, 11) is 1.72. The van der Waals surface area contributed by atoms with Gasteiger partial charge in [-0.3, -0.25) is 4.98 Å². The highest BCUT2D eigenvalue weighted by Gasteiger charge is 2.24. The van der Waals surface area contributed by atoms with Crippen molar-refractivity contribution in [1.29, 1.82) is 0 Å². The van der Waals surface area contributed by atoms with Crippen LogP contribution >= 0.6 is 0 Å². The third kappa shape index (κ3) is 4.93. The van der Waals surface area contributed by atoms with Gasteiger partial charge in [-0.05, 0) is 61.1 Å². The molecule has 1 N–H and O–H groups in total. The molecule has 0 saturated carbocycles. The molecule has 27 heavy (non-hydrogen) atoms. The third-order valence-electron chi connectivity index (χ3n) is 4.67. The van der Waals surface area contributed by atoms with Crippen molar-refractivity contribution in [1.82, 2.24) is 15.2 Å². The maximum Gasteiger partial charge on any atom is 0.387 e. The minimum atomic E-state index is -2.84. The number of alkyl halides is 2. The molecule has 144 valence electrons. The second-order valence-corrected chi connectivity index (χ2v) is 6.82. The number of carbonyl (C=O) groups is 1. The van der Waals surface area contributed by atoms with Gasteiger partial charge in [0.1, 0.15) is 5.75 Å². The van der Waals surface area contributed by atoms with E-state index < -0.39 is 6.61 Å². The van der Waals surface area contributed by atoms with Crippen LogP contribution in [0, 0.1) is 6.92 Å². The molecule has 1 aliphatic rings. The summed E-state index contributed by atoms with van der Waals surface area (Å²) in [6, 6.07) is 8.45. The molecule has 1 atom stereocenters. The zero-order valence-corrected chi connectivity index (χ0v) is 15.4. The monoisotopic (exact) mass is 375 g/mol. The molecule has 0 bridgehead atoms. The van der Waals surface area contributed by atoms with Crippen molar-refractivity contribution in [3.8, 4) is 5.75 Å². The molecule has 1 aliphatic carbocycles. The molecule has 0 unspecified atom stereocenters. The summed E-state index contributed by atoms with van der Waals surface area (Å²) in [6.45, 7) is -0.468. The minimum absolute atomic E-state index is 0.143. The van der Waals surface area contributed by atoms with E-state index in [1.165, 1.54) is 6.07 Å². The lowest BCUT2D eigenvalue weighted by atomic mass is 9.87. The number of rotatable bonds is 5. The fourth-order valence-electron chi connectivity index (χ4n) is 3.28. The number of aryl methyl sites for hydroxylation is 2.